The molecule has 1 heterocycles. The summed E-state index contributed by atoms with van der Waals surface area (Å²) in [6.45, 7) is 1.60. The molecule has 0 amide bonds. The molecule has 0 unspecified atom stereocenters. The molecule has 11 heteroatoms. The Morgan fingerprint density at radius 3 is 1.94 bits per heavy atom. The largest absolute Gasteiger partial charge is 0.460 e. The lowest BCUT2D eigenvalue weighted by atomic mass is 9.94. The molecule has 2 aromatic carbocycles. The van der Waals surface area contributed by atoms with Crippen LogP contribution in [0.1, 0.15) is 16.9 Å². The van der Waals surface area contributed by atoms with Crippen molar-refractivity contribution in [2.45, 2.75) is 19.4 Å². The summed E-state index contributed by atoms with van der Waals surface area (Å²) in [5.74, 6) is 0.473. The lowest BCUT2D eigenvalue weighted by Crippen LogP contribution is -2.13. The fourth-order valence-corrected chi connectivity index (χ4v) is 4.57. The third-order valence-electron chi connectivity index (χ3n) is 4.54. The zero-order valence-electron chi connectivity index (χ0n) is 16.4. The van der Waals surface area contributed by atoms with Gasteiger partial charge in [0.05, 0.1) is 10.5 Å². The first-order valence-electron chi connectivity index (χ1n) is 8.83. The van der Waals surface area contributed by atoms with Crippen LogP contribution in [0, 0.1) is 6.92 Å². The molecule has 0 spiro atoms. The first-order chi connectivity index (χ1) is 14.6. The Morgan fingerprint density at radius 2 is 1.44 bits per heavy atom. The summed E-state index contributed by atoms with van der Waals surface area (Å²) >= 11 is 36.6. The highest BCUT2D eigenvalue weighted by Crippen LogP contribution is 2.47. The third-order valence-corrected chi connectivity index (χ3v) is 6.93. The maximum Gasteiger partial charge on any atom is 0.216 e. The fourth-order valence-electron chi connectivity index (χ4n) is 3.10. The molecule has 170 valence electrons. The molecule has 0 aliphatic heterocycles. The standard InChI is InChI=1S/C21H14Cl6O4S/c1-11-9-17(28)18(19(31-11)12-3-6-14(7-4-12)32(2,29)30)15-10-13(20(22,23)24)5-8-16(15)21(25,26)27/h3-10H,1-2H3. The molecule has 3 rings (SSSR count). The molecule has 0 radical (unpaired) electrons. The van der Waals surface area contributed by atoms with Crippen molar-refractivity contribution in [3.05, 3.63) is 75.6 Å². The minimum absolute atomic E-state index is 0.0696. The van der Waals surface area contributed by atoms with E-state index in [1.807, 2.05) is 0 Å². The van der Waals surface area contributed by atoms with Crippen molar-refractivity contribution in [2.75, 3.05) is 6.26 Å². The Kier molecular flexibility index (Phi) is 7.25. The van der Waals surface area contributed by atoms with Crippen LogP contribution in [0.25, 0.3) is 22.5 Å². The van der Waals surface area contributed by atoms with Gasteiger partial charge in [-0.15, -0.1) is 0 Å². The van der Waals surface area contributed by atoms with Crippen molar-refractivity contribution < 1.29 is 12.8 Å². The number of hydrogen-bond donors (Lipinski definition) is 0. The summed E-state index contributed by atoms with van der Waals surface area (Å²) in [6, 6.07) is 11.5. The van der Waals surface area contributed by atoms with Gasteiger partial charge in [-0.2, -0.15) is 0 Å². The van der Waals surface area contributed by atoms with E-state index in [-0.39, 0.29) is 32.9 Å². The van der Waals surface area contributed by atoms with Gasteiger partial charge in [0.25, 0.3) is 0 Å². The first-order valence-corrected chi connectivity index (χ1v) is 13.0. The highest BCUT2D eigenvalue weighted by molar-refractivity contribution is 7.90. The second kappa shape index (κ2) is 9.03. The number of halogens is 6. The van der Waals surface area contributed by atoms with Crippen LogP contribution in [0.5, 0.6) is 0 Å². The van der Waals surface area contributed by atoms with Crippen LogP contribution in [0.15, 0.2) is 62.6 Å². The lowest BCUT2D eigenvalue weighted by molar-refractivity contribution is 0.531. The summed E-state index contributed by atoms with van der Waals surface area (Å²) < 4.78 is 25.8. The van der Waals surface area contributed by atoms with E-state index in [9.17, 15) is 13.2 Å². The molecule has 0 bridgehead atoms. The van der Waals surface area contributed by atoms with Gasteiger partial charge in [-0.05, 0) is 42.8 Å². The molecule has 3 aromatic rings. The van der Waals surface area contributed by atoms with Crippen LogP contribution in [0.2, 0.25) is 0 Å². The summed E-state index contributed by atoms with van der Waals surface area (Å²) in [5, 5.41) is 0. The molecule has 0 aliphatic carbocycles. The van der Waals surface area contributed by atoms with Crippen LogP contribution < -0.4 is 5.43 Å². The van der Waals surface area contributed by atoms with Gasteiger partial charge in [0.2, 0.25) is 7.59 Å². The number of rotatable bonds is 3. The van der Waals surface area contributed by atoms with Crippen molar-refractivity contribution in [1.29, 1.82) is 0 Å². The molecule has 0 atom stereocenters. The molecule has 0 N–H and O–H groups in total. The van der Waals surface area contributed by atoms with Crippen molar-refractivity contribution in [1.82, 2.24) is 0 Å². The Labute approximate surface area is 214 Å². The average molecular weight is 575 g/mol. The number of aryl methyl sites for hydroxylation is 1. The van der Waals surface area contributed by atoms with Crippen molar-refractivity contribution in [2.24, 2.45) is 0 Å². The van der Waals surface area contributed by atoms with E-state index in [0.29, 0.717) is 11.3 Å². The first kappa shape index (κ1) is 25.7. The van der Waals surface area contributed by atoms with E-state index in [0.717, 1.165) is 6.26 Å². The van der Waals surface area contributed by atoms with Gasteiger partial charge >= 0.3 is 0 Å². The molecular formula is C21H14Cl6O4S. The van der Waals surface area contributed by atoms with Crippen LogP contribution in [0.4, 0.5) is 0 Å². The second-order valence-corrected chi connectivity index (χ2v) is 13.6. The topological polar surface area (TPSA) is 64.3 Å². The van der Waals surface area contributed by atoms with E-state index < -0.39 is 22.9 Å². The van der Waals surface area contributed by atoms with E-state index in [4.69, 9.17) is 74.0 Å². The maximum atomic E-state index is 13.1. The summed E-state index contributed by atoms with van der Waals surface area (Å²) in [4.78, 5) is 13.2. The molecule has 0 fully saturated rings. The number of benzene rings is 2. The van der Waals surface area contributed by atoms with Gasteiger partial charge in [0.1, 0.15) is 11.5 Å². The Balaban J connectivity index is 2.38. The Bertz CT molecular complexity index is 1330. The number of hydrogen-bond acceptors (Lipinski definition) is 4. The van der Waals surface area contributed by atoms with Crippen LogP contribution in [-0.4, -0.2) is 14.7 Å². The SMILES string of the molecule is Cc1cc(=O)c(-c2cc(C(Cl)(Cl)Cl)ccc2C(Cl)(Cl)Cl)c(-c2ccc(S(C)(=O)=O)cc2)o1. The highest BCUT2D eigenvalue weighted by atomic mass is 35.6. The van der Waals surface area contributed by atoms with Gasteiger partial charge in [-0.1, -0.05) is 81.7 Å². The molecular weight excluding hydrogens is 561 g/mol. The van der Waals surface area contributed by atoms with E-state index in [1.165, 1.54) is 48.5 Å². The maximum absolute atomic E-state index is 13.1. The average Bonchev–Trinajstić information content (AvgIpc) is 2.65. The number of sulfone groups is 1. The lowest BCUT2D eigenvalue weighted by Gasteiger charge is -2.21. The van der Waals surface area contributed by atoms with Crippen molar-refractivity contribution >= 4 is 79.4 Å². The quantitative estimate of drug-likeness (QED) is 0.307. The normalized spacial score (nSPS) is 12.8. The fraction of sp³-hybridized carbons (Fsp3) is 0.190. The minimum Gasteiger partial charge on any atom is -0.460 e. The van der Waals surface area contributed by atoms with E-state index in [1.54, 1.807) is 6.92 Å². The number of alkyl halides is 6. The van der Waals surface area contributed by atoms with Gasteiger partial charge in [0, 0.05) is 29.0 Å². The Hall–Kier alpha value is -0.920. The predicted molar refractivity (Wildman–Crippen MR) is 132 cm³/mol. The zero-order valence-corrected chi connectivity index (χ0v) is 21.8. The smallest absolute Gasteiger partial charge is 0.216 e. The van der Waals surface area contributed by atoms with Gasteiger partial charge < -0.3 is 4.42 Å². The van der Waals surface area contributed by atoms with Crippen LogP contribution in [0.3, 0.4) is 0 Å². The van der Waals surface area contributed by atoms with Crippen molar-refractivity contribution in [3.8, 4) is 22.5 Å². The monoisotopic (exact) mass is 572 g/mol. The zero-order chi connectivity index (χ0) is 24.1. The minimum atomic E-state index is -3.42. The van der Waals surface area contributed by atoms with Gasteiger partial charge in [-0.25, -0.2) is 8.42 Å². The molecule has 0 saturated carbocycles. The van der Waals surface area contributed by atoms with Crippen LogP contribution >= 0.6 is 69.6 Å². The molecule has 1 aromatic heterocycles. The van der Waals surface area contributed by atoms with Gasteiger partial charge in [-0.3, -0.25) is 4.79 Å². The summed E-state index contributed by atoms with van der Waals surface area (Å²) in [6.07, 6.45) is 1.09. The van der Waals surface area contributed by atoms with E-state index in [2.05, 4.69) is 0 Å². The van der Waals surface area contributed by atoms with Gasteiger partial charge in [0.15, 0.2) is 15.3 Å². The van der Waals surface area contributed by atoms with Crippen molar-refractivity contribution in [3.63, 3.8) is 0 Å². The predicted octanol–water partition coefficient (Wildman–Crippen LogP) is 7.34. The second-order valence-electron chi connectivity index (χ2n) is 6.98. The third kappa shape index (κ3) is 5.58. The van der Waals surface area contributed by atoms with Crippen LogP contribution in [-0.2, 0) is 17.4 Å². The summed E-state index contributed by atoms with van der Waals surface area (Å²) in [5.41, 5.74) is 0.695. The molecule has 4 nitrogen and oxygen atoms in total. The summed E-state index contributed by atoms with van der Waals surface area (Å²) in [7, 11) is -3.42. The van der Waals surface area contributed by atoms with E-state index >= 15 is 0 Å². The molecule has 32 heavy (non-hydrogen) atoms. The molecule has 0 saturated heterocycles. The molecule has 0 aliphatic rings. The highest BCUT2D eigenvalue weighted by Gasteiger charge is 2.32. The Morgan fingerprint density at radius 1 is 0.844 bits per heavy atom.